The maximum Gasteiger partial charge on any atom is 0.140 e. The molecule has 2 aliphatic heterocycles. The average molecular weight is 352 g/mol. The highest BCUT2D eigenvalue weighted by Crippen LogP contribution is 2.83. The fourth-order valence-corrected chi connectivity index (χ4v) is 8.71. The van der Waals surface area contributed by atoms with Gasteiger partial charge in [0.15, 0.2) is 0 Å². The van der Waals surface area contributed by atoms with Crippen molar-refractivity contribution in [2.75, 3.05) is 0 Å². The normalized spacial score (nSPS) is 16.0. The summed E-state index contributed by atoms with van der Waals surface area (Å²) in [6.07, 6.45) is 0. The van der Waals surface area contributed by atoms with Gasteiger partial charge in [-0.2, -0.15) is 0 Å². The molecule has 0 N–H and O–H groups in total. The lowest BCUT2D eigenvalue weighted by atomic mass is 10.1. The third-order valence-corrected chi connectivity index (χ3v) is 9.33. The van der Waals surface area contributed by atoms with Crippen LogP contribution >= 0.6 is 10.0 Å². The van der Waals surface area contributed by atoms with E-state index in [1.807, 2.05) is 0 Å². The molecule has 0 radical (unpaired) electrons. The van der Waals surface area contributed by atoms with E-state index in [2.05, 4.69) is 97.1 Å². The van der Waals surface area contributed by atoms with Crippen LogP contribution in [0.1, 0.15) is 0 Å². The Bertz CT molecular complexity index is 1080. The van der Waals surface area contributed by atoms with E-state index in [1.54, 1.807) is 0 Å². The predicted octanol–water partition coefficient (Wildman–Crippen LogP) is 7.11. The number of para-hydroxylation sites is 2. The lowest BCUT2D eigenvalue weighted by Gasteiger charge is -2.43. The Hall–Kier alpha value is -2.97. The average Bonchev–Trinajstić information content (AvgIpc) is 3.00. The van der Waals surface area contributed by atoms with Crippen molar-refractivity contribution in [1.29, 1.82) is 0 Å². The van der Waals surface area contributed by atoms with E-state index in [-0.39, 0.29) is 0 Å². The molecule has 2 aliphatic rings. The number of hydrogen-bond acceptors (Lipinski definition) is 1. The summed E-state index contributed by atoms with van der Waals surface area (Å²) in [5.41, 5.74) is 2.70. The van der Waals surface area contributed by atoms with Gasteiger partial charge < -0.3 is 4.74 Å². The second-order valence-electron chi connectivity index (χ2n) is 6.60. The largest absolute Gasteiger partial charge is 0.455 e. The molecule has 0 aliphatic carbocycles. The Morgan fingerprint density at radius 2 is 0.808 bits per heavy atom. The Balaban J connectivity index is 1.87. The lowest BCUT2D eigenvalue weighted by molar-refractivity contribution is 0.452. The van der Waals surface area contributed by atoms with Crippen molar-refractivity contribution < 1.29 is 4.74 Å². The Morgan fingerprint density at radius 3 is 1.31 bits per heavy atom. The first-order valence-electron chi connectivity index (χ1n) is 8.78. The van der Waals surface area contributed by atoms with Crippen LogP contribution in [-0.2, 0) is 0 Å². The van der Waals surface area contributed by atoms with Gasteiger partial charge in [0.25, 0.3) is 0 Å². The molecular weight excluding hydrogens is 336 g/mol. The predicted molar refractivity (Wildman–Crippen MR) is 105 cm³/mol. The summed E-state index contributed by atoms with van der Waals surface area (Å²) in [6.45, 7) is 0. The van der Waals surface area contributed by atoms with Crippen LogP contribution in [0.25, 0.3) is 11.1 Å². The summed E-state index contributed by atoms with van der Waals surface area (Å²) < 4.78 is 6.32. The monoisotopic (exact) mass is 352 g/mol. The summed E-state index contributed by atoms with van der Waals surface area (Å²) in [7, 11) is -1.52. The van der Waals surface area contributed by atoms with Gasteiger partial charge in [-0.3, -0.25) is 0 Å². The summed E-state index contributed by atoms with van der Waals surface area (Å²) in [4.78, 5) is 5.45. The Morgan fingerprint density at radius 1 is 0.423 bits per heavy atom. The van der Waals surface area contributed by atoms with E-state index in [0.29, 0.717) is 0 Å². The maximum atomic E-state index is 6.32. The zero-order valence-corrected chi connectivity index (χ0v) is 14.9. The molecule has 2 heteroatoms. The molecule has 6 rings (SSSR count). The summed E-state index contributed by atoms with van der Waals surface area (Å²) >= 11 is 0. The number of rotatable bonds is 0. The minimum atomic E-state index is -1.52. The minimum absolute atomic E-state index is 0.979. The van der Waals surface area contributed by atoms with Crippen LogP contribution in [0.4, 0.5) is 0 Å². The molecule has 0 unspecified atom stereocenters. The maximum absolute atomic E-state index is 6.32. The molecule has 124 valence electrons. The van der Waals surface area contributed by atoms with Crippen LogP contribution in [0.5, 0.6) is 11.5 Å². The van der Waals surface area contributed by atoms with Crippen LogP contribution in [-0.4, -0.2) is 0 Å². The standard InChI is InChI=1S/C24H16OS/c1-5-13-21-17(9-1)18-10-2-6-14-22(18)26(21)23-15-7-3-11-19(23)25-20-12-4-8-16-24(20)26/h1-16H. The molecule has 0 saturated carbocycles. The topological polar surface area (TPSA) is 9.23 Å². The number of benzene rings is 4. The molecule has 26 heavy (non-hydrogen) atoms. The van der Waals surface area contributed by atoms with E-state index in [0.717, 1.165) is 11.5 Å². The second kappa shape index (κ2) is 5.03. The molecule has 4 aromatic carbocycles. The van der Waals surface area contributed by atoms with Crippen molar-refractivity contribution in [2.24, 2.45) is 0 Å². The molecule has 1 nitrogen and oxygen atoms in total. The summed E-state index contributed by atoms with van der Waals surface area (Å²) in [5.74, 6) is 1.96. The van der Waals surface area contributed by atoms with Crippen molar-refractivity contribution in [2.45, 2.75) is 19.6 Å². The first-order chi connectivity index (χ1) is 12.9. The number of fused-ring (bicyclic) bond motifs is 9. The Kier molecular flexibility index (Phi) is 2.75. The van der Waals surface area contributed by atoms with Crippen molar-refractivity contribution in [1.82, 2.24) is 0 Å². The molecule has 0 aromatic heterocycles. The highest BCUT2D eigenvalue weighted by molar-refractivity contribution is 8.34. The van der Waals surface area contributed by atoms with Gasteiger partial charge in [-0.05, 0) is 47.5 Å². The zero-order valence-electron chi connectivity index (χ0n) is 14.1. The SMILES string of the molecule is c1ccc2c(c1)Oc1ccccc1S21c2ccccc2-c2ccccc21. The van der Waals surface area contributed by atoms with Gasteiger partial charge in [-0.25, -0.2) is 0 Å². The van der Waals surface area contributed by atoms with Crippen molar-refractivity contribution >= 4 is 10.0 Å². The molecular formula is C24H16OS. The molecule has 0 atom stereocenters. The highest BCUT2D eigenvalue weighted by atomic mass is 32.3. The number of ether oxygens (including phenoxy) is 1. The van der Waals surface area contributed by atoms with Gasteiger partial charge in [-0.1, -0.05) is 60.7 Å². The van der Waals surface area contributed by atoms with Gasteiger partial charge >= 0.3 is 0 Å². The summed E-state index contributed by atoms with van der Waals surface area (Å²) in [6, 6.07) is 34.9. The molecule has 0 amide bonds. The molecule has 2 heterocycles. The van der Waals surface area contributed by atoms with Gasteiger partial charge in [0.1, 0.15) is 11.5 Å². The van der Waals surface area contributed by atoms with E-state index in [1.165, 1.54) is 30.7 Å². The quantitative estimate of drug-likeness (QED) is 0.283. The fraction of sp³-hybridized carbons (Fsp3) is 0. The number of hydrogen-bond donors (Lipinski definition) is 0. The van der Waals surface area contributed by atoms with E-state index in [9.17, 15) is 0 Å². The van der Waals surface area contributed by atoms with Crippen LogP contribution < -0.4 is 4.74 Å². The van der Waals surface area contributed by atoms with Gasteiger partial charge in [0.2, 0.25) is 0 Å². The molecule has 4 aromatic rings. The fourth-order valence-electron chi connectivity index (χ4n) is 4.32. The zero-order chi connectivity index (χ0) is 17.1. The van der Waals surface area contributed by atoms with Gasteiger partial charge in [0, 0.05) is 19.6 Å². The van der Waals surface area contributed by atoms with Crippen LogP contribution in [0.3, 0.4) is 0 Å². The van der Waals surface area contributed by atoms with E-state index in [4.69, 9.17) is 4.74 Å². The first kappa shape index (κ1) is 14.2. The molecule has 0 bridgehead atoms. The van der Waals surface area contributed by atoms with Crippen LogP contribution in [0, 0.1) is 0 Å². The smallest absolute Gasteiger partial charge is 0.140 e. The Labute approximate surface area is 154 Å². The van der Waals surface area contributed by atoms with Crippen LogP contribution in [0.15, 0.2) is 117 Å². The molecule has 1 spiro atoms. The third-order valence-electron chi connectivity index (χ3n) is 5.30. The summed E-state index contributed by atoms with van der Waals surface area (Å²) in [5, 5.41) is 0. The highest BCUT2D eigenvalue weighted by Gasteiger charge is 2.46. The van der Waals surface area contributed by atoms with E-state index >= 15 is 0 Å². The van der Waals surface area contributed by atoms with Gasteiger partial charge in [0.05, 0.1) is 0 Å². The second-order valence-corrected chi connectivity index (χ2v) is 9.58. The lowest BCUT2D eigenvalue weighted by Crippen LogP contribution is -2.09. The minimum Gasteiger partial charge on any atom is -0.455 e. The van der Waals surface area contributed by atoms with Crippen molar-refractivity contribution in [3.63, 3.8) is 0 Å². The molecule has 0 saturated heterocycles. The molecule has 0 fully saturated rings. The first-order valence-corrected chi connectivity index (χ1v) is 10.4. The third kappa shape index (κ3) is 1.58. The van der Waals surface area contributed by atoms with Crippen molar-refractivity contribution in [3.05, 3.63) is 97.1 Å². The van der Waals surface area contributed by atoms with Crippen molar-refractivity contribution in [3.8, 4) is 22.6 Å². The van der Waals surface area contributed by atoms with Gasteiger partial charge in [-0.15, -0.1) is 10.0 Å². The van der Waals surface area contributed by atoms with E-state index < -0.39 is 10.0 Å². The van der Waals surface area contributed by atoms with Crippen LogP contribution in [0.2, 0.25) is 0 Å².